The molecule has 0 amide bonds. The fraction of sp³-hybridized carbons (Fsp3) is 0.500. The monoisotopic (exact) mass is 723 g/mol. The van der Waals surface area contributed by atoms with Crippen LogP contribution in [0.25, 0.3) is 66.2 Å². The van der Waals surface area contributed by atoms with Crippen LogP contribution in [0.2, 0.25) is 0 Å². The summed E-state index contributed by atoms with van der Waals surface area (Å²) in [5, 5.41) is 4.43. The highest BCUT2D eigenvalue weighted by Gasteiger charge is 2.12. The number of pyridine rings is 4. The first-order valence-electron chi connectivity index (χ1n) is 21.7. The molecule has 7 aromatic rings. The SMILES string of the molecule is CCCCCCCCCCCCn1c2ccc3ccc4ccc(nc4c3n2)n(CCCCCCCCCCCC)c2ccc3ccc4ccc1nc4c3n2. The Morgan fingerprint density at radius 1 is 0.296 bits per heavy atom. The number of fused-ring (bicyclic) bond motifs is 4. The van der Waals surface area contributed by atoms with Gasteiger partial charge in [-0.1, -0.05) is 154 Å². The standard InChI is InChI=1S/C48H62N6/c1-3-5-7-9-11-13-15-17-19-21-35-53-41-31-27-37-23-25-39-29-33-43(51-47(39)45(37)49-41)54(36-22-20-18-16-14-12-10-8-6-4-2)44-34-30-40-26-24-38-28-32-42(53)50-46(38)48(40)52-44/h23-34H,3-22,35-36H2,1-2H3. The van der Waals surface area contributed by atoms with E-state index in [1.807, 2.05) is 0 Å². The van der Waals surface area contributed by atoms with Gasteiger partial charge in [-0.2, -0.15) is 0 Å². The zero-order chi connectivity index (χ0) is 37.0. The fourth-order valence-electron chi connectivity index (χ4n) is 8.30. The molecule has 0 N–H and O–H groups in total. The van der Waals surface area contributed by atoms with E-state index in [0.717, 1.165) is 92.1 Å². The van der Waals surface area contributed by atoms with Gasteiger partial charge in [0.2, 0.25) is 0 Å². The summed E-state index contributed by atoms with van der Waals surface area (Å²) >= 11 is 0. The quantitative estimate of drug-likeness (QED) is 0.0516. The summed E-state index contributed by atoms with van der Waals surface area (Å²) < 4.78 is 4.66. The van der Waals surface area contributed by atoms with Crippen LogP contribution in [0.15, 0.2) is 72.8 Å². The van der Waals surface area contributed by atoms with E-state index < -0.39 is 0 Å². The van der Waals surface area contributed by atoms with Crippen molar-refractivity contribution < 1.29 is 0 Å². The molecular weight excluding hydrogens is 661 g/mol. The van der Waals surface area contributed by atoms with Crippen LogP contribution >= 0.6 is 0 Å². The van der Waals surface area contributed by atoms with Crippen LogP contribution in [0.4, 0.5) is 0 Å². The number of hydrogen-bond acceptors (Lipinski definition) is 4. The van der Waals surface area contributed by atoms with Gasteiger partial charge in [-0.25, -0.2) is 19.9 Å². The molecule has 0 aliphatic rings. The van der Waals surface area contributed by atoms with Crippen molar-refractivity contribution in [1.82, 2.24) is 29.1 Å². The van der Waals surface area contributed by atoms with E-state index in [1.165, 1.54) is 116 Å². The zero-order valence-corrected chi connectivity index (χ0v) is 33.2. The van der Waals surface area contributed by atoms with Crippen molar-refractivity contribution >= 4 is 66.2 Å². The highest BCUT2D eigenvalue weighted by Crippen LogP contribution is 2.28. The average Bonchev–Trinajstić information content (AvgIpc) is 3.21. The summed E-state index contributed by atoms with van der Waals surface area (Å²) in [5.41, 5.74) is 7.50. The number of nitrogens with zero attached hydrogens (tertiary/aromatic N) is 6. The number of rotatable bonds is 22. The molecule has 7 rings (SSSR count). The molecule has 0 saturated heterocycles. The van der Waals surface area contributed by atoms with E-state index in [-0.39, 0.29) is 0 Å². The zero-order valence-electron chi connectivity index (χ0n) is 33.2. The first-order valence-corrected chi connectivity index (χ1v) is 21.7. The summed E-state index contributed by atoms with van der Waals surface area (Å²) in [4.78, 5) is 21.6. The Morgan fingerprint density at radius 2 is 0.519 bits per heavy atom. The van der Waals surface area contributed by atoms with Gasteiger partial charge >= 0.3 is 0 Å². The Bertz CT molecular complexity index is 2000. The second kappa shape index (κ2) is 19.3. The highest BCUT2D eigenvalue weighted by atomic mass is 15.1. The summed E-state index contributed by atoms with van der Waals surface area (Å²) in [6, 6.07) is 26.3. The van der Waals surface area contributed by atoms with E-state index in [2.05, 4.69) is 95.8 Å². The Morgan fingerprint density at radius 3 is 0.778 bits per heavy atom. The number of aryl methyl sites for hydroxylation is 2. The van der Waals surface area contributed by atoms with E-state index >= 15 is 0 Å². The molecule has 0 radical (unpaired) electrons. The predicted octanol–water partition coefficient (Wildman–Crippen LogP) is 14.2. The lowest BCUT2D eigenvalue weighted by molar-refractivity contribution is 0.539. The third kappa shape index (κ3) is 9.30. The van der Waals surface area contributed by atoms with Gasteiger partial charge in [0.05, 0.1) is 22.1 Å². The van der Waals surface area contributed by atoms with Crippen LogP contribution in [0.5, 0.6) is 0 Å². The molecular formula is C48H62N6. The largest absolute Gasteiger partial charge is 0.311 e. The van der Waals surface area contributed by atoms with Crippen LogP contribution in [0, 0.1) is 0 Å². The van der Waals surface area contributed by atoms with Crippen LogP contribution in [0.1, 0.15) is 142 Å². The molecule has 8 bridgehead atoms. The van der Waals surface area contributed by atoms with Gasteiger partial charge in [0, 0.05) is 34.6 Å². The smallest absolute Gasteiger partial charge is 0.134 e. The molecule has 0 aliphatic carbocycles. The third-order valence-electron chi connectivity index (χ3n) is 11.6. The van der Waals surface area contributed by atoms with Crippen molar-refractivity contribution in [2.45, 2.75) is 155 Å². The summed E-state index contributed by atoms with van der Waals surface area (Å²) in [7, 11) is 0. The minimum absolute atomic E-state index is 0.868. The molecule has 6 nitrogen and oxygen atoms in total. The summed E-state index contributed by atoms with van der Waals surface area (Å²) in [6.07, 6.45) is 26.2. The molecule has 0 atom stereocenters. The van der Waals surface area contributed by atoms with Crippen molar-refractivity contribution in [3.05, 3.63) is 72.8 Å². The van der Waals surface area contributed by atoms with Crippen molar-refractivity contribution in [2.75, 3.05) is 0 Å². The Kier molecular flexibility index (Phi) is 13.6. The molecule has 0 saturated carbocycles. The highest BCUT2D eigenvalue weighted by molar-refractivity contribution is 6.05. The van der Waals surface area contributed by atoms with E-state index in [0.29, 0.717) is 0 Å². The number of benzene rings is 2. The molecule has 5 heterocycles. The van der Waals surface area contributed by atoms with Crippen molar-refractivity contribution in [3.8, 4) is 0 Å². The van der Waals surface area contributed by atoms with Crippen LogP contribution in [-0.2, 0) is 13.1 Å². The maximum Gasteiger partial charge on any atom is 0.134 e. The maximum atomic E-state index is 5.40. The second-order valence-electron chi connectivity index (χ2n) is 15.8. The van der Waals surface area contributed by atoms with E-state index in [4.69, 9.17) is 19.9 Å². The first-order chi connectivity index (χ1) is 26.7. The molecule has 0 spiro atoms. The van der Waals surface area contributed by atoms with Gasteiger partial charge in [0.1, 0.15) is 22.6 Å². The first kappa shape index (κ1) is 38.0. The lowest BCUT2D eigenvalue weighted by atomic mass is 10.1. The molecule has 2 aromatic carbocycles. The summed E-state index contributed by atoms with van der Waals surface area (Å²) in [6.45, 7) is 6.32. The molecule has 0 aliphatic heterocycles. The molecule has 5 aromatic heterocycles. The van der Waals surface area contributed by atoms with Crippen LogP contribution in [-0.4, -0.2) is 29.1 Å². The second-order valence-corrected chi connectivity index (χ2v) is 15.8. The topological polar surface area (TPSA) is 61.4 Å². The van der Waals surface area contributed by atoms with Crippen LogP contribution in [0.3, 0.4) is 0 Å². The van der Waals surface area contributed by atoms with Crippen LogP contribution < -0.4 is 0 Å². The van der Waals surface area contributed by atoms with Crippen molar-refractivity contribution in [2.24, 2.45) is 0 Å². The lowest BCUT2D eigenvalue weighted by Crippen LogP contribution is -2.06. The van der Waals surface area contributed by atoms with Gasteiger partial charge in [0.15, 0.2) is 0 Å². The number of unbranched alkanes of at least 4 members (excludes halogenated alkanes) is 18. The van der Waals surface area contributed by atoms with Gasteiger partial charge in [-0.05, 0) is 61.4 Å². The van der Waals surface area contributed by atoms with E-state index in [9.17, 15) is 0 Å². The van der Waals surface area contributed by atoms with Crippen molar-refractivity contribution in [3.63, 3.8) is 0 Å². The van der Waals surface area contributed by atoms with Gasteiger partial charge < -0.3 is 9.13 Å². The van der Waals surface area contributed by atoms with Gasteiger partial charge in [-0.3, -0.25) is 0 Å². The van der Waals surface area contributed by atoms with Crippen molar-refractivity contribution in [1.29, 1.82) is 0 Å². The number of aromatic nitrogens is 6. The van der Waals surface area contributed by atoms with Gasteiger partial charge in [0.25, 0.3) is 0 Å². The average molecular weight is 723 g/mol. The third-order valence-corrected chi connectivity index (χ3v) is 11.6. The molecule has 0 unspecified atom stereocenters. The Labute approximate surface area is 322 Å². The minimum atomic E-state index is 0.868. The number of hydrogen-bond donors (Lipinski definition) is 0. The van der Waals surface area contributed by atoms with E-state index in [1.54, 1.807) is 0 Å². The Hall–Kier alpha value is -4.32. The van der Waals surface area contributed by atoms with Gasteiger partial charge in [-0.15, -0.1) is 0 Å². The fourth-order valence-corrected chi connectivity index (χ4v) is 8.30. The molecule has 0 fully saturated rings. The minimum Gasteiger partial charge on any atom is -0.311 e. The Balaban J connectivity index is 1.24. The maximum absolute atomic E-state index is 5.40. The predicted molar refractivity (Wildman–Crippen MR) is 231 cm³/mol. The normalized spacial score (nSPS) is 12.0. The molecule has 54 heavy (non-hydrogen) atoms. The lowest BCUT2D eigenvalue weighted by Gasteiger charge is -2.14. The molecule has 6 heteroatoms. The molecule has 284 valence electrons. The summed E-state index contributed by atoms with van der Waals surface area (Å²) in [5.74, 6) is 0.